The summed E-state index contributed by atoms with van der Waals surface area (Å²) in [5.41, 5.74) is 2.94. The van der Waals surface area contributed by atoms with E-state index in [0.717, 1.165) is 22.7 Å². The molecule has 0 bridgehead atoms. The molecule has 27 heavy (non-hydrogen) atoms. The van der Waals surface area contributed by atoms with Crippen molar-refractivity contribution in [3.63, 3.8) is 0 Å². The third-order valence-corrected chi connectivity index (χ3v) is 4.23. The Morgan fingerprint density at radius 2 is 1.63 bits per heavy atom. The van der Waals surface area contributed by atoms with E-state index in [2.05, 4.69) is 0 Å². The Morgan fingerprint density at radius 1 is 0.963 bits per heavy atom. The van der Waals surface area contributed by atoms with E-state index in [-0.39, 0.29) is 5.91 Å². The highest BCUT2D eigenvalue weighted by molar-refractivity contribution is 6.04. The Bertz CT molecular complexity index is 854. The van der Waals surface area contributed by atoms with Crippen LogP contribution < -0.4 is 14.5 Å². The maximum absolute atomic E-state index is 13.0. The molecule has 0 unspecified atom stereocenters. The number of carbonyl (C=O) groups is 1. The van der Waals surface area contributed by atoms with Crippen molar-refractivity contribution in [2.45, 2.75) is 13.5 Å². The van der Waals surface area contributed by atoms with Crippen LogP contribution >= 0.6 is 0 Å². The topological polar surface area (TPSA) is 45.9 Å². The highest BCUT2D eigenvalue weighted by Crippen LogP contribution is 2.24. The minimum atomic E-state index is -0.180. The molecular formula is C22H24N2O3. The van der Waals surface area contributed by atoms with Gasteiger partial charge in [-0.2, -0.15) is 0 Å². The van der Waals surface area contributed by atoms with Gasteiger partial charge in [-0.1, -0.05) is 12.1 Å². The lowest BCUT2D eigenvalue weighted by Gasteiger charge is -2.23. The van der Waals surface area contributed by atoms with Crippen LogP contribution in [0.15, 0.2) is 71.3 Å². The molecule has 5 heteroatoms. The maximum atomic E-state index is 13.0. The largest absolute Gasteiger partial charge is 0.494 e. The summed E-state index contributed by atoms with van der Waals surface area (Å²) in [6.07, 6.45) is 1.51. The van der Waals surface area contributed by atoms with Crippen LogP contribution in [0.2, 0.25) is 0 Å². The Labute approximate surface area is 159 Å². The molecule has 1 aromatic heterocycles. The van der Waals surface area contributed by atoms with E-state index in [0.29, 0.717) is 18.9 Å². The van der Waals surface area contributed by atoms with Crippen molar-refractivity contribution < 1.29 is 13.9 Å². The van der Waals surface area contributed by atoms with Gasteiger partial charge in [0.1, 0.15) is 5.75 Å². The summed E-state index contributed by atoms with van der Waals surface area (Å²) >= 11 is 0. The van der Waals surface area contributed by atoms with Gasteiger partial charge in [-0.3, -0.25) is 4.79 Å². The molecule has 140 valence electrons. The first kappa shape index (κ1) is 18.6. The molecule has 1 amide bonds. The number of nitrogens with zero attached hydrogens (tertiary/aromatic N) is 2. The van der Waals surface area contributed by atoms with E-state index in [4.69, 9.17) is 9.15 Å². The average molecular weight is 364 g/mol. The van der Waals surface area contributed by atoms with E-state index < -0.39 is 0 Å². The van der Waals surface area contributed by atoms with Crippen LogP contribution in [0.25, 0.3) is 0 Å². The van der Waals surface area contributed by atoms with Gasteiger partial charge in [0.05, 0.1) is 19.4 Å². The molecule has 3 aromatic rings. The molecule has 0 atom stereocenters. The van der Waals surface area contributed by atoms with Gasteiger partial charge in [-0.15, -0.1) is 0 Å². The molecule has 0 saturated carbocycles. The average Bonchev–Trinajstić information content (AvgIpc) is 3.22. The number of carbonyl (C=O) groups excluding carboxylic acids is 1. The zero-order valence-corrected chi connectivity index (χ0v) is 15.9. The van der Waals surface area contributed by atoms with Gasteiger partial charge in [0, 0.05) is 25.5 Å². The number of ether oxygens (including phenoxy) is 1. The van der Waals surface area contributed by atoms with Gasteiger partial charge in [0.2, 0.25) is 0 Å². The lowest BCUT2D eigenvalue weighted by molar-refractivity contribution is 0.0958. The molecule has 2 aromatic carbocycles. The fourth-order valence-corrected chi connectivity index (χ4v) is 2.78. The summed E-state index contributed by atoms with van der Waals surface area (Å²) in [6.45, 7) is 2.99. The van der Waals surface area contributed by atoms with Crippen molar-refractivity contribution in [1.82, 2.24) is 0 Å². The molecule has 0 spiro atoms. The van der Waals surface area contributed by atoms with E-state index in [9.17, 15) is 4.79 Å². The Morgan fingerprint density at radius 3 is 2.19 bits per heavy atom. The smallest absolute Gasteiger partial charge is 0.294 e. The lowest BCUT2D eigenvalue weighted by atomic mass is 10.1. The van der Waals surface area contributed by atoms with Crippen molar-refractivity contribution in [2.24, 2.45) is 0 Å². The Balaban J connectivity index is 1.88. The van der Waals surface area contributed by atoms with Gasteiger partial charge < -0.3 is 19.0 Å². The molecule has 0 aliphatic heterocycles. The van der Waals surface area contributed by atoms with Gasteiger partial charge in [-0.05, 0) is 61.0 Å². The summed E-state index contributed by atoms with van der Waals surface area (Å²) in [4.78, 5) is 16.7. The second-order valence-corrected chi connectivity index (χ2v) is 6.36. The van der Waals surface area contributed by atoms with E-state index in [1.54, 1.807) is 17.0 Å². The summed E-state index contributed by atoms with van der Waals surface area (Å²) < 4.78 is 10.8. The third-order valence-electron chi connectivity index (χ3n) is 4.23. The minimum Gasteiger partial charge on any atom is -0.494 e. The lowest BCUT2D eigenvalue weighted by Crippen LogP contribution is -2.30. The number of anilines is 2. The second kappa shape index (κ2) is 8.45. The zero-order valence-electron chi connectivity index (χ0n) is 15.9. The van der Waals surface area contributed by atoms with Crippen LogP contribution in [-0.4, -0.2) is 26.6 Å². The molecule has 5 nitrogen and oxygen atoms in total. The first-order valence-electron chi connectivity index (χ1n) is 8.93. The normalized spacial score (nSPS) is 10.5. The molecule has 0 aliphatic carbocycles. The molecule has 0 radical (unpaired) electrons. The predicted molar refractivity (Wildman–Crippen MR) is 108 cm³/mol. The standard InChI is InChI=1S/C22H24N2O3/c1-4-26-20-13-11-19(12-14-20)24(22(25)21-6-5-15-27-21)16-17-7-9-18(10-8-17)23(2)3/h5-15H,4,16H2,1-3H3. The van der Waals surface area contributed by atoms with Crippen LogP contribution in [-0.2, 0) is 6.54 Å². The number of rotatable bonds is 7. The van der Waals surface area contributed by atoms with Crippen molar-refractivity contribution >= 4 is 17.3 Å². The van der Waals surface area contributed by atoms with Crippen molar-refractivity contribution in [2.75, 3.05) is 30.5 Å². The van der Waals surface area contributed by atoms with E-state index in [1.807, 2.05) is 74.4 Å². The van der Waals surface area contributed by atoms with Crippen LogP contribution in [0.5, 0.6) is 5.75 Å². The Kier molecular flexibility index (Phi) is 5.81. The number of benzene rings is 2. The van der Waals surface area contributed by atoms with Gasteiger partial charge in [0.15, 0.2) is 5.76 Å². The van der Waals surface area contributed by atoms with Gasteiger partial charge >= 0.3 is 0 Å². The number of hydrogen-bond acceptors (Lipinski definition) is 4. The van der Waals surface area contributed by atoms with Gasteiger partial charge in [0.25, 0.3) is 5.91 Å². The van der Waals surface area contributed by atoms with Crippen molar-refractivity contribution in [3.05, 3.63) is 78.3 Å². The van der Waals surface area contributed by atoms with Crippen molar-refractivity contribution in [1.29, 1.82) is 0 Å². The first-order chi connectivity index (χ1) is 13.1. The van der Waals surface area contributed by atoms with Crippen LogP contribution in [0.1, 0.15) is 23.0 Å². The molecular weight excluding hydrogens is 340 g/mol. The predicted octanol–water partition coefficient (Wildman–Crippen LogP) is 4.59. The van der Waals surface area contributed by atoms with Crippen LogP contribution in [0.3, 0.4) is 0 Å². The summed E-state index contributed by atoms with van der Waals surface area (Å²) in [7, 11) is 4.00. The highest BCUT2D eigenvalue weighted by atomic mass is 16.5. The molecule has 0 N–H and O–H groups in total. The zero-order chi connectivity index (χ0) is 19.2. The maximum Gasteiger partial charge on any atom is 0.294 e. The molecule has 0 fully saturated rings. The molecule has 0 saturated heterocycles. The second-order valence-electron chi connectivity index (χ2n) is 6.36. The fraction of sp³-hybridized carbons (Fsp3) is 0.227. The van der Waals surface area contributed by atoms with Gasteiger partial charge in [-0.25, -0.2) is 0 Å². The summed E-state index contributed by atoms with van der Waals surface area (Å²) in [6, 6.07) is 19.1. The van der Waals surface area contributed by atoms with Crippen LogP contribution in [0.4, 0.5) is 11.4 Å². The van der Waals surface area contributed by atoms with Crippen molar-refractivity contribution in [3.8, 4) is 5.75 Å². The van der Waals surface area contributed by atoms with E-state index >= 15 is 0 Å². The Hall–Kier alpha value is -3.21. The van der Waals surface area contributed by atoms with Crippen LogP contribution in [0, 0.1) is 0 Å². The minimum absolute atomic E-state index is 0.180. The quantitative estimate of drug-likeness (QED) is 0.615. The number of amides is 1. The molecule has 0 aliphatic rings. The first-order valence-corrected chi connectivity index (χ1v) is 8.93. The third kappa shape index (κ3) is 4.50. The summed E-state index contributed by atoms with van der Waals surface area (Å²) in [5, 5.41) is 0. The SMILES string of the molecule is CCOc1ccc(N(Cc2ccc(N(C)C)cc2)C(=O)c2ccco2)cc1. The number of furan rings is 1. The monoisotopic (exact) mass is 364 g/mol. The van der Waals surface area contributed by atoms with E-state index in [1.165, 1.54) is 6.26 Å². The highest BCUT2D eigenvalue weighted by Gasteiger charge is 2.20. The molecule has 3 rings (SSSR count). The number of hydrogen-bond donors (Lipinski definition) is 0. The summed E-state index contributed by atoms with van der Waals surface area (Å²) in [5.74, 6) is 0.914. The molecule has 1 heterocycles. The fourth-order valence-electron chi connectivity index (χ4n) is 2.78.